The summed E-state index contributed by atoms with van der Waals surface area (Å²) >= 11 is 0. The largest absolute Gasteiger partial charge is 0.460 e. The summed E-state index contributed by atoms with van der Waals surface area (Å²) in [6, 6.07) is 13.0. The van der Waals surface area contributed by atoms with Crippen LogP contribution in [0.4, 0.5) is 0 Å². The van der Waals surface area contributed by atoms with Crippen LogP contribution in [0.5, 0.6) is 0 Å². The summed E-state index contributed by atoms with van der Waals surface area (Å²) < 4.78 is 6.16. The van der Waals surface area contributed by atoms with E-state index in [1.54, 1.807) is 0 Å². The van der Waals surface area contributed by atoms with Gasteiger partial charge >= 0.3 is 0 Å². The predicted molar refractivity (Wildman–Crippen MR) is 75.7 cm³/mol. The van der Waals surface area contributed by atoms with Crippen LogP contribution in [-0.4, -0.2) is 24.6 Å². The number of hydrogen-bond acceptors (Lipinski definition) is 2. The van der Waals surface area contributed by atoms with Gasteiger partial charge in [0.1, 0.15) is 0 Å². The maximum absolute atomic E-state index is 6.16. The van der Waals surface area contributed by atoms with Gasteiger partial charge in [-0.25, -0.2) is 0 Å². The van der Waals surface area contributed by atoms with Crippen molar-refractivity contribution < 1.29 is 4.12 Å². The minimum absolute atomic E-state index is 0.398. The predicted octanol–water partition coefficient (Wildman–Crippen LogP) is 1.84. The molecule has 0 aromatic heterocycles. The topological polar surface area (TPSA) is 35.2 Å². The zero-order chi connectivity index (χ0) is 11.9. The van der Waals surface area contributed by atoms with Crippen molar-refractivity contribution in [3.8, 4) is 0 Å². The van der Waals surface area contributed by atoms with Gasteiger partial charge in [-0.2, -0.15) is 0 Å². The molecule has 0 aliphatic rings. The minimum Gasteiger partial charge on any atom is -0.460 e. The van der Waals surface area contributed by atoms with Gasteiger partial charge < -0.3 is 9.85 Å². The van der Waals surface area contributed by atoms with Gasteiger partial charge in [0.05, 0.1) is 0 Å². The van der Waals surface area contributed by atoms with Crippen molar-refractivity contribution in [1.82, 2.24) is 0 Å². The molecule has 90 valence electrons. The van der Waals surface area contributed by atoms with Crippen molar-refractivity contribution in [2.45, 2.75) is 31.6 Å². The Kier molecular flexibility index (Phi) is 5.97. The van der Waals surface area contributed by atoms with Gasteiger partial charge in [0.2, 0.25) is 0 Å². The fourth-order valence-electron chi connectivity index (χ4n) is 1.69. The van der Waals surface area contributed by atoms with Crippen LogP contribution in [0.3, 0.4) is 0 Å². The maximum Gasteiger partial charge on any atom is 0.173 e. The van der Waals surface area contributed by atoms with Crippen molar-refractivity contribution in [3.05, 3.63) is 35.9 Å². The first kappa shape index (κ1) is 13.6. The minimum atomic E-state index is -1.40. The summed E-state index contributed by atoms with van der Waals surface area (Å²) in [5.41, 5.74) is 6.95. The van der Waals surface area contributed by atoms with Gasteiger partial charge in [-0.15, -0.1) is 0 Å². The second-order valence-corrected chi connectivity index (χ2v) is 10.8. The molecule has 2 N–H and O–H groups in total. The first-order valence-corrected chi connectivity index (χ1v) is 10.7. The standard InChI is InChI=1S/C12H23NOSi2/c1-16(2,10-6-9-13)14-15-11-12-7-4-3-5-8-12/h3-5,7-8H,6,9-11,13,15H2,1-2H3. The van der Waals surface area contributed by atoms with Gasteiger partial charge in [-0.1, -0.05) is 30.3 Å². The van der Waals surface area contributed by atoms with Crippen LogP contribution in [-0.2, 0) is 10.2 Å². The smallest absolute Gasteiger partial charge is 0.173 e. The molecule has 0 fully saturated rings. The molecule has 4 heteroatoms. The highest BCUT2D eigenvalue weighted by molar-refractivity contribution is 6.75. The quantitative estimate of drug-likeness (QED) is 0.753. The van der Waals surface area contributed by atoms with Gasteiger partial charge in [0.15, 0.2) is 18.1 Å². The monoisotopic (exact) mass is 253 g/mol. The second kappa shape index (κ2) is 7.01. The highest BCUT2D eigenvalue weighted by atomic mass is 28.4. The normalized spacial score (nSPS) is 12.4. The van der Waals surface area contributed by atoms with Crippen LogP contribution in [0, 0.1) is 0 Å². The second-order valence-electron chi connectivity index (χ2n) is 4.74. The molecular weight excluding hydrogens is 230 g/mol. The molecule has 0 amide bonds. The molecule has 0 aliphatic heterocycles. The average Bonchev–Trinajstić information content (AvgIpc) is 2.28. The molecular formula is C12H23NOSi2. The highest BCUT2D eigenvalue weighted by Crippen LogP contribution is 2.12. The molecule has 0 radical (unpaired) electrons. The lowest BCUT2D eigenvalue weighted by Gasteiger charge is -2.23. The summed E-state index contributed by atoms with van der Waals surface area (Å²) in [5, 5.41) is 0. The first-order valence-electron chi connectivity index (χ1n) is 6.02. The molecule has 1 aromatic rings. The Morgan fingerprint density at radius 3 is 2.56 bits per heavy atom. The maximum atomic E-state index is 6.16. The Balaban J connectivity index is 2.24. The summed E-state index contributed by atoms with van der Waals surface area (Å²) in [6.07, 6.45) is 1.11. The van der Waals surface area contributed by atoms with E-state index in [9.17, 15) is 0 Å². The van der Waals surface area contributed by atoms with E-state index in [1.165, 1.54) is 11.6 Å². The van der Waals surface area contributed by atoms with E-state index in [-0.39, 0.29) is 0 Å². The number of nitrogens with two attached hydrogens (primary N) is 1. The molecule has 0 saturated carbocycles. The molecule has 0 bridgehead atoms. The molecule has 0 unspecified atom stereocenters. The van der Waals surface area contributed by atoms with E-state index in [1.807, 2.05) is 0 Å². The average molecular weight is 253 g/mol. The lowest BCUT2D eigenvalue weighted by Crippen LogP contribution is -2.33. The molecule has 0 aliphatic carbocycles. The van der Waals surface area contributed by atoms with Crippen molar-refractivity contribution in [1.29, 1.82) is 0 Å². The van der Waals surface area contributed by atoms with E-state index >= 15 is 0 Å². The van der Waals surface area contributed by atoms with E-state index in [0.717, 1.165) is 19.0 Å². The lowest BCUT2D eigenvalue weighted by molar-refractivity contribution is 0.577. The highest BCUT2D eigenvalue weighted by Gasteiger charge is 2.20. The van der Waals surface area contributed by atoms with E-state index in [4.69, 9.17) is 9.85 Å². The zero-order valence-electron chi connectivity index (χ0n) is 10.4. The molecule has 1 rings (SSSR count). The van der Waals surface area contributed by atoms with Gasteiger partial charge in [-0.05, 0) is 43.7 Å². The third kappa shape index (κ3) is 5.60. The van der Waals surface area contributed by atoms with Crippen LogP contribution < -0.4 is 5.73 Å². The third-order valence-corrected chi connectivity index (χ3v) is 8.99. The lowest BCUT2D eigenvalue weighted by atomic mass is 10.2. The molecule has 1 aromatic carbocycles. The molecule has 2 nitrogen and oxygen atoms in total. The van der Waals surface area contributed by atoms with Gasteiger partial charge in [-0.3, -0.25) is 0 Å². The Labute approximate surface area is 102 Å². The summed E-state index contributed by atoms with van der Waals surface area (Å²) in [6.45, 7) is 5.40. The van der Waals surface area contributed by atoms with Crippen molar-refractivity contribution in [3.63, 3.8) is 0 Å². The van der Waals surface area contributed by atoms with Gasteiger partial charge in [0, 0.05) is 0 Å². The first-order chi connectivity index (χ1) is 7.64. The van der Waals surface area contributed by atoms with E-state index in [0.29, 0.717) is 0 Å². The SMILES string of the molecule is C[Si](C)(CCCN)O[SiH2]Cc1ccccc1. The summed E-state index contributed by atoms with van der Waals surface area (Å²) in [7, 11) is -1.79. The molecule has 0 spiro atoms. The Bertz CT molecular complexity index is 290. The summed E-state index contributed by atoms with van der Waals surface area (Å²) in [4.78, 5) is 0. The van der Waals surface area contributed by atoms with Crippen molar-refractivity contribution in [2.24, 2.45) is 5.73 Å². The Hall–Kier alpha value is -0.426. The van der Waals surface area contributed by atoms with Crippen LogP contribution in [0.2, 0.25) is 19.1 Å². The van der Waals surface area contributed by atoms with Crippen molar-refractivity contribution >= 4 is 18.1 Å². The molecule has 0 atom stereocenters. The van der Waals surface area contributed by atoms with E-state index in [2.05, 4.69) is 43.4 Å². The fraction of sp³-hybridized carbons (Fsp3) is 0.500. The Morgan fingerprint density at radius 1 is 1.25 bits per heavy atom. The van der Waals surface area contributed by atoms with Crippen LogP contribution in [0.1, 0.15) is 12.0 Å². The Morgan fingerprint density at radius 2 is 1.94 bits per heavy atom. The third-order valence-electron chi connectivity index (χ3n) is 2.71. The number of hydrogen-bond donors (Lipinski definition) is 1. The van der Waals surface area contributed by atoms with Crippen LogP contribution >= 0.6 is 0 Å². The van der Waals surface area contributed by atoms with E-state index < -0.39 is 18.1 Å². The number of benzene rings is 1. The number of rotatable bonds is 7. The van der Waals surface area contributed by atoms with Crippen LogP contribution in [0.25, 0.3) is 0 Å². The van der Waals surface area contributed by atoms with Crippen LogP contribution in [0.15, 0.2) is 30.3 Å². The molecule has 16 heavy (non-hydrogen) atoms. The van der Waals surface area contributed by atoms with Gasteiger partial charge in [0.25, 0.3) is 0 Å². The molecule has 0 saturated heterocycles. The fourth-order valence-corrected chi connectivity index (χ4v) is 6.51. The summed E-state index contributed by atoms with van der Waals surface area (Å²) in [5.74, 6) is 0. The van der Waals surface area contributed by atoms with Crippen molar-refractivity contribution in [2.75, 3.05) is 6.54 Å². The zero-order valence-corrected chi connectivity index (χ0v) is 12.8. The molecule has 0 heterocycles.